The number of piperazine rings is 1. The Kier molecular flexibility index (Phi) is 5.30. The van der Waals surface area contributed by atoms with Gasteiger partial charge in [-0.1, -0.05) is 28.7 Å². The molecule has 27 heavy (non-hydrogen) atoms. The van der Waals surface area contributed by atoms with Gasteiger partial charge in [-0.15, -0.1) is 5.10 Å². The van der Waals surface area contributed by atoms with Gasteiger partial charge in [-0.05, 0) is 25.0 Å². The monoisotopic (exact) mass is 386 g/mol. The lowest BCUT2D eigenvalue weighted by Crippen LogP contribution is -2.49. The van der Waals surface area contributed by atoms with Crippen molar-refractivity contribution in [2.75, 3.05) is 37.7 Å². The van der Waals surface area contributed by atoms with Crippen LogP contribution in [0.1, 0.15) is 12.1 Å². The molecule has 142 valence electrons. The Labute approximate surface area is 161 Å². The van der Waals surface area contributed by atoms with Gasteiger partial charge in [0.25, 0.3) is 0 Å². The summed E-state index contributed by atoms with van der Waals surface area (Å²) in [7, 11) is 0. The van der Waals surface area contributed by atoms with E-state index in [0.29, 0.717) is 25.9 Å². The van der Waals surface area contributed by atoms with Crippen molar-refractivity contribution in [3.05, 3.63) is 36.2 Å². The first kappa shape index (κ1) is 17.9. The molecule has 2 aromatic heterocycles. The van der Waals surface area contributed by atoms with Crippen LogP contribution < -0.4 is 4.90 Å². The molecule has 1 fully saturated rings. The molecule has 0 saturated carbocycles. The Bertz CT molecular complexity index is 882. The molecule has 0 aliphatic carbocycles. The summed E-state index contributed by atoms with van der Waals surface area (Å²) in [6.07, 6.45) is 3.11. The third-order valence-corrected chi connectivity index (χ3v) is 5.76. The molecule has 1 aromatic carbocycles. The van der Waals surface area contributed by atoms with E-state index in [1.165, 1.54) is 4.70 Å². The first-order valence-electron chi connectivity index (χ1n) is 9.11. The summed E-state index contributed by atoms with van der Waals surface area (Å²) < 4.78 is 2.77. The highest BCUT2D eigenvalue weighted by Crippen LogP contribution is 2.29. The van der Waals surface area contributed by atoms with Gasteiger partial charge in [0.05, 0.1) is 15.9 Å². The van der Waals surface area contributed by atoms with Crippen LogP contribution in [0.4, 0.5) is 5.13 Å². The maximum Gasteiger partial charge on any atom is 0.244 e. The molecule has 1 aliphatic heterocycles. The largest absolute Gasteiger partial charge is 0.396 e. The summed E-state index contributed by atoms with van der Waals surface area (Å²) in [5, 5.41) is 17.9. The van der Waals surface area contributed by atoms with Crippen molar-refractivity contribution in [2.45, 2.75) is 19.4 Å². The van der Waals surface area contributed by atoms with Crippen LogP contribution in [0.5, 0.6) is 0 Å². The normalized spacial score (nSPS) is 14.9. The van der Waals surface area contributed by atoms with E-state index in [4.69, 9.17) is 10.1 Å². The Hall–Kier alpha value is -2.52. The van der Waals surface area contributed by atoms with Gasteiger partial charge in [-0.2, -0.15) is 0 Å². The molecule has 0 unspecified atom stereocenters. The van der Waals surface area contributed by atoms with Crippen LogP contribution in [-0.4, -0.2) is 68.7 Å². The predicted molar refractivity (Wildman–Crippen MR) is 104 cm³/mol. The molecule has 0 atom stereocenters. The minimum absolute atomic E-state index is 0.0533. The fourth-order valence-electron chi connectivity index (χ4n) is 3.17. The SMILES string of the molecule is O=C(Cn1cc(CCCO)nn1)N1CCN(c2nc3ccccc3s2)CC1. The molecule has 0 spiro atoms. The number of hydrogen-bond acceptors (Lipinski definition) is 7. The fourth-order valence-corrected chi connectivity index (χ4v) is 4.19. The average Bonchev–Trinajstić information content (AvgIpc) is 3.33. The molecule has 0 bridgehead atoms. The van der Waals surface area contributed by atoms with E-state index in [2.05, 4.69) is 21.3 Å². The van der Waals surface area contributed by atoms with E-state index in [1.54, 1.807) is 22.2 Å². The number of hydrogen-bond donors (Lipinski definition) is 1. The number of aliphatic hydroxyl groups is 1. The van der Waals surface area contributed by atoms with E-state index in [9.17, 15) is 4.79 Å². The van der Waals surface area contributed by atoms with Crippen LogP contribution in [0.25, 0.3) is 10.2 Å². The molecule has 0 radical (unpaired) electrons. The van der Waals surface area contributed by atoms with Gasteiger partial charge in [-0.25, -0.2) is 9.67 Å². The molecule has 4 rings (SSSR count). The minimum Gasteiger partial charge on any atom is -0.396 e. The maximum absolute atomic E-state index is 12.5. The number of carbonyl (C=O) groups is 1. The number of para-hydroxylation sites is 1. The van der Waals surface area contributed by atoms with Gasteiger partial charge < -0.3 is 14.9 Å². The zero-order valence-electron chi connectivity index (χ0n) is 15.0. The molecule has 8 nitrogen and oxygen atoms in total. The summed E-state index contributed by atoms with van der Waals surface area (Å²) in [4.78, 5) is 21.4. The lowest BCUT2D eigenvalue weighted by Gasteiger charge is -2.34. The van der Waals surface area contributed by atoms with Gasteiger partial charge in [0.15, 0.2) is 5.13 Å². The van der Waals surface area contributed by atoms with E-state index in [0.717, 1.165) is 29.4 Å². The Morgan fingerprint density at radius 2 is 2.00 bits per heavy atom. The van der Waals surface area contributed by atoms with E-state index < -0.39 is 0 Å². The number of aromatic nitrogens is 4. The molecule has 1 aliphatic rings. The highest BCUT2D eigenvalue weighted by Gasteiger charge is 2.23. The van der Waals surface area contributed by atoms with Crippen LogP contribution in [0.15, 0.2) is 30.5 Å². The number of amides is 1. The number of nitrogens with zero attached hydrogens (tertiary/aromatic N) is 6. The average molecular weight is 386 g/mol. The number of benzene rings is 1. The number of thiazole rings is 1. The number of aliphatic hydroxyl groups excluding tert-OH is 1. The summed E-state index contributed by atoms with van der Waals surface area (Å²) in [6.45, 7) is 3.26. The fraction of sp³-hybridized carbons (Fsp3) is 0.444. The summed E-state index contributed by atoms with van der Waals surface area (Å²) in [5.74, 6) is 0.0533. The second-order valence-electron chi connectivity index (χ2n) is 6.57. The predicted octanol–water partition coefficient (Wildman–Crippen LogP) is 1.16. The summed E-state index contributed by atoms with van der Waals surface area (Å²) >= 11 is 1.70. The first-order valence-corrected chi connectivity index (χ1v) is 9.93. The topological polar surface area (TPSA) is 87.4 Å². The number of fused-ring (bicyclic) bond motifs is 1. The second kappa shape index (κ2) is 8.01. The quantitative estimate of drug-likeness (QED) is 0.684. The van der Waals surface area contributed by atoms with Crippen molar-refractivity contribution in [3.8, 4) is 0 Å². The third-order valence-electron chi connectivity index (χ3n) is 4.66. The molecule has 1 N–H and O–H groups in total. The van der Waals surface area contributed by atoms with Crippen molar-refractivity contribution < 1.29 is 9.90 Å². The van der Waals surface area contributed by atoms with Crippen molar-refractivity contribution in [1.82, 2.24) is 24.9 Å². The number of carbonyl (C=O) groups excluding carboxylic acids is 1. The molecule has 1 amide bonds. The van der Waals surface area contributed by atoms with Crippen LogP contribution in [0.2, 0.25) is 0 Å². The Morgan fingerprint density at radius 3 is 2.78 bits per heavy atom. The number of anilines is 1. The van der Waals surface area contributed by atoms with Crippen LogP contribution in [0, 0.1) is 0 Å². The van der Waals surface area contributed by atoms with Crippen molar-refractivity contribution in [2.24, 2.45) is 0 Å². The molecule has 3 heterocycles. The smallest absolute Gasteiger partial charge is 0.244 e. The first-order chi connectivity index (χ1) is 13.2. The van der Waals surface area contributed by atoms with Gasteiger partial charge in [-0.3, -0.25) is 4.79 Å². The van der Waals surface area contributed by atoms with Gasteiger partial charge in [0, 0.05) is 39.0 Å². The van der Waals surface area contributed by atoms with Crippen LogP contribution in [-0.2, 0) is 17.8 Å². The summed E-state index contributed by atoms with van der Waals surface area (Å²) in [5.41, 5.74) is 1.83. The minimum atomic E-state index is 0.0533. The molecule has 9 heteroatoms. The highest BCUT2D eigenvalue weighted by atomic mass is 32.1. The number of rotatable bonds is 6. The van der Waals surface area contributed by atoms with E-state index >= 15 is 0 Å². The third kappa shape index (κ3) is 4.09. The van der Waals surface area contributed by atoms with Gasteiger partial charge in [0.1, 0.15) is 6.54 Å². The molecule has 3 aromatic rings. The van der Waals surface area contributed by atoms with Crippen LogP contribution in [0.3, 0.4) is 0 Å². The zero-order chi connectivity index (χ0) is 18.6. The Balaban J connectivity index is 1.31. The lowest BCUT2D eigenvalue weighted by molar-refractivity contribution is -0.132. The molecule has 1 saturated heterocycles. The zero-order valence-corrected chi connectivity index (χ0v) is 15.8. The van der Waals surface area contributed by atoms with E-state index in [1.807, 2.05) is 23.1 Å². The van der Waals surface area contributed by atoms with Crippen molar-refractivity contribution in [3.63, 3.8) is 0 Å². The standard InChI is InChI=1S/C18H22N6O2S/c25-11-3-4-14-12-24(21-20-14)13-17(26)22-7-9-23(10-8-22)18-19-15-5-1-2-6-16(15)27-18/h1-2,5-6,12,25H,3-4,7-11,13H2. The molecular weight excluding hydrogens is 364 g/mol. The number of aryl methyl sites for hydroxylation is 1. The Morgan fingerprint density at radius 1 is 1.19 bits per heavy atom. The van der Waals surface area contributed by atoms with Gasteiger partial charge >= 0.3 is 0 Å². The van der Waals surface area contributed by atoms with Crippen molar-refractivity contribution in [1.29, 1.82) is 0 Å². The van der Waals surface area contributed by atoms with Crippen LogP contribution >= 0.6 is 11.3 Å². The van der Waals surface area contributed by atoms with E-state index in [-0.39, 0.29) is 19.1 Å². The maximum atomic E-state index is 12.5. The summed E-state index contributed by atoms with van der Waals surface area (Å²) in [6, 6.07) is 8.15. The molecular formula is C18H22N6O2S. The van der Waals surface area contributed by atoms with Crippen molar-refractivity contribution >= 4 is 32.6 Å². The van der Waals surface area contributed by atoms with Gasteiger partial charge in [0.2, 0.25) is 5.91 Å². The highest BCUT2D eigenvalue weighted by molar-refractivity contribution is 7.22. The second-order valence-corrected chi connectivity index (χ2v) is 7.58. The lowest BCUT2D eigenvalue weighted by atomic mass is 10.2.